The molecule has 4 nitrogen and oxygen atoms in total. The van der Waals surface area contributed by atoms with E-state index in [4.69, 9.17) is 40.2 Å². The molecule has 1 aromatic carbocycles. The summed E-state index contributed by atoms with van der Waals surface area (Å²) in [6, 6.07) is 5.07. The van der Waals surface area contributed by atoms with Crippen LogP contribution in [0, 0.1) is 6.92 Å². The summed E-state index contributed by atoms with van der Waals surface area (Å²) in [6.45, 7) is 3.96. The van der Waals surface area contributed by atoms with Gasteiger partial charge in [0, 0.05) is 9.90 Å². The molecule has 0 aliphatic carbocycles. The quantitative estimate of drug-likeness (QED) is 0.520. The van der Waals surface area contributed by atoms with Crippen LogP contribution >= 0.6 is 46.8 Å². The zero-order chi connectivity index (χ0) is 17.9. The number of anilines is 2. The van der Waals surface area contributed by atoms with E-state index < -0.39 is 0 Å². The third-order valence-electron chi connectivity index (χ3n) is 3.36. The van der Waals surface area contributed by atoms with Crippen molar-refractivity contribution in [1.82, 2.24) is 0 Å². The molecule has 0 fully saturated rings. The predicted octanol–water partition coefficient (Wildman–Crippen LogP) is 5.52. The van der Waals surface area contributed by atoms with E-state index in [9.17, 15) is 4.79 Å². The normalized spacial score (nSPS) is 10.4. The highest BCUT2D eigenvalue weighted by Gasteiger charge is 2.22. The molecule has 2 rings (SSSR count). The number of thiocarbonyl (C=S) groups is 1. The molecular weight excluding hydrogens is 387 g/mol. The molecule has 1 aromatic heterocycles. The fraction of sp³-hybridized carbons (Fsp3) is 0.250. The first-order valence-electron chi connectivity index (χ1n) is 7.11. The Morgan fingerprint density at radius 2 is 2.04 bits per heavy atom. The molecule has 0 radical (unpaired) electrons. The van der Waals surface area contributed by atoms with E-state index in [1.54, 1.807) is 18.2 Å². The van der Waals surface area contributed by atoms with Crippen molar-refractivity contribution in [3.05, 3.63) is 44.2 Å². The molecule has 8 heteroatoms. The number of nitrogens with one attached hydrogen (secondary N) is 2. The second-order valence-electron chi connectivity index (χ2n) is 4.89. The van der Waals surface area contributed by atoms with Crippen LogP contribution in [-0.4, -0.2) is 18.2 Å². The highest BCUT2D eigenvalue weighted by Crippen LogP contribution is 2.34. The fourth-order valence-corrected chi connectivity index (χ4v) is 4.13. The molecule has 0 atom stereocenters. The molecule has 0 aliphatic rings. The Labute approximate surface area is 160 Å². The summed E-state index contributed by atoms with van der Waals surface area (Å²) in [5.74, 6) is -0.383. The minimum atomic E-state index is -0.383. The van der Waals surface area contributed by atoms with Crippen LogP contribution in [0.15, 0.2) is 18.2 Å². The molecule has 2 N–H and O–H groups in total. The van der Waals surface area contributed by atoms with E-state index >= 15 is 0 Å². The Hall–Kier alpha value is -1.34. The van der Waals surface area contributed by atoms with Crippen LogP contribution in [0.25, 0.3) is 0 Å². The lowest BCUT2D eigenvalue weighted by molar-refractivity contribution is 0.0601. The van der Waals surface area contributed by atoms with Gasteiger partial charge in [-0.25, -0.2) is 4.79 Å². The topological polar surface area (TPSA) is 50.4 Å². The number of aryl methyl sites for hydroxylation is 1. The van der Waals surface area contributed by atoms with E-state index in [1.165, 1.54) is 18.4 Å². The lowest BCUT2D eigenvalue weighted by atomic mass is 10.1. The number of hydrogen-bond acceptors (Lipinski definition) is 4. The Bertz CT molecular complexity index is 791. The standard InChI is InChI=1S/C16H16Cl2N2O2S2/c1-4-10-8(2)24-14(13(10)15(21)22-3)20-16(23)19-12-6-5-9(17)7-11(12)18/h5-7H,4H2,1-3H3,(H2,19,20,23). The van der Waals surface area contributed by atoms with Crippen LogP contribution in [0.1, 0.15) is 27.7 Å². The van der Waals surface area contributed by atoms with Crippen molar-refractivity contribution in [2.45, 2.75) is 20.3 Å². The van der Waals surface area contributed by atoms with Crippen LogP contribution in [0.4, 0.5) is 10.7 Å². The first-order chi connectivity index (χ1) is 11.4. The zero-order valence-electron chi connectivity index (χ0n) is 13.3. The Kier molecular flexibility index (Phi) is 6.46. The highest BCUT2D eigenvalue weighted by molar-refractivity contribution is 7.80. The number of hydrogen-bond donors (Lipinski definition) is 2. The van der Waals surface area contributed by atoms with Gasteiger partial charge in [0.2, 0.25) is 0 Å². The predicted molar refractivity (Wildman–Crippen MR) is 106 cm³/mol. The minimum Gasteiger partial charge on any atom is -0.465 e. The molecule has 0 unspecified atom stereocenters. The highest BCUT2D eigenvalue weighted by atomic mass is 35.5. The average molecular weight is 403 g/mol. The van der Waals surface area contributed by atoms with Crippen molar-refractivity contribution in [3.63, 3.8) is 0 Å². The van der Waals surface area contributed by atoms with Crippen molar-refractivity contribution in [1.29, 1.82) is 0 Å². The summed E-state index contributed by atoms with van der Waals surface area (Å²) in [5.41, 5.74) is 2.11. The lowest BCUT2D eigenvalue weighted by Gasteiger charge is -2.12. The maximum absolute atomic E-state index is 12.1. The van der Waals surface area contributed by atoms with Gasteiger partial charge in [-0.05, 0) is 49.3 Å². The number of halogens is 2. The second kappa shape index (κ2) is 8.16. The van der Waals surface area contributed by atoms with Crippen LogP contribution in [0.3, 0.4) is 0 Å². The average Bonchev–Trinajstić information content (AvgIpc) is 2.84. The summed E-state index contributed by atoms with van der Waals surface area (Å²) in [4.78, 5) is 13.2. The van der Waals surface area contributed by atoms with E-state index in [0.717, 1.165) is 16.9 Å². The van der Waals surface area contributed by atoms with Crippen LogP contribution in [-0.2, 0) is 11.2 Å². The number of ether oxygens (including phenoxy) is 1. The summed E-state index contributed by atoms with van der Waals surface area (Å²) < 4.78 is 4.89. The molecule has 128 valence electrons. The maximum Gasteiger partial charge on any atom is 0.341 e. The molecule has 1 heterocycles. The Balaban J connectivity index is 2.24. The number of carbonyl (C=O) groups excluding carboxylic acids is 1. The van der Waals surface area contributed by atoms with Crippen molar-refractivity contribution in [3.8, 4) is 0 Å². The van der Waals surface area contributed by atoms with Gasteiger partial charge in [-0.3, -0.25) is 0 Å². The fourth-order valence-electron chi connectivity index (χ4n) is 2.26. The summed E-state index contributed by atoms with van der Waals surface area (Å²) >= 11 is 18.8. The molecule has 0 amide bonds. The van der Waals surface area contributed by atoms with Gasteiger partial charge in [-0.15, -0.1) is 11.3 Å². The minimum absolute atomic E-state index is 0.327. The van der Waals surface area contributed by atoms with Gasteiger partial charge in [0.25, 0.3) is 0 Å². The molecule has 0 aliphatic heterocycles. The van der Waals surface area contributed by atoms with Crippen LogP contribution in [0.2, 0.25) is 10.0 Å². The smallest absolute Gasteiger partial charge is 0.341 e. The Morgan fingerprint density at radius 3 is 2.62 bits per heavy atom. The molecule has 0 saturated carbocycles. The zero-order valence-corrected chi connectivity index (χ0v) is 16.5. The first-order valence-corrected chi connectivity index (χ1v) is 9.09. The molecule has 2 aromatic rings. The summed E-state index contributed by atoms with van der Waals surface area (Å²) in [7, 11) is 1.36. The van der Waals surface area contributed by atoms with Crippen LogP contribution < -0.4 is 10.6 Å². The summed E-state index contributed by atoms with van der Waals surface area (Å²) in [6.07, 6.45) is 0.734. The van der Waals surface area contributed by atoms with Crippen molar-refractivity contribution in [2.24, 2.45) is 0 Å². The van der Waals surface area contributed by atoms with Gasteiger partial charge in [0.15, 0.2) is 5.11 Å². The molecule has 0 bridgehead atoms. The van der Waals surface area contributed by atoms with Gasteiger partial charge in [0.05, 0.1) is 23.4 Å². The number of rotatable bonds is 4. The van der Waals surface area contributed by atoms with E-state index in [2.05, 4.69) is 10.6 Å². The number of carbonyl (C=O) groups is 1. The number of methoxy groups -OCH3 is 1. The van der Waals surface area contributed by atoms with Crippen LogP contribution in [0.5, 0.6) is 0 Å². The number of benzene rings is 1. The van der Waals surface area contributed by atoms with E-state index in [0.29, 0.717) is 31.4 Å². The van der Waals surface area contributed by atoms with E-state index in [-0.39, 0.29) is 5.97 Å². The number of esters is 1. The monoisotopic (exact) mass is 402 g/mol. The number of thiophene rings is 1. The van der Waals surface area contributed by atoms with E-state index in [1.807, 2.05) is 13.8 Å². The Morgan fingerprint density at radius 1 is 1.33 bits per heavy atom. The third-order valence-corrected chi connectivity index (χ3v) is 5.17. The SMILES string of the molecule is CCc1c(C)sc(NC(=S)Nc2ccc(Cl)cc2Cl)c1C(=O)OC. The molecule has 24 heavy (non-hydrogen) atoms. The van der Waals surface area contributed by atoms with Gasteiger partial charge < -0.3 is 15.4 Å². The molecule has 0 saturated heterocycles. The van der Waals surface area contributed by atoms with Gasteiger partial charge in [0.1, 0.15) is 5.00 Å². The second-order valence-corrected chi connectivity index (χ2v) is 7.37. The van der Waals surface area contributed by atoms with Crippen molar-refractivity contribution in [2.75, 3.05) is 17.7 Å². The summed E-state index contributed by atoms with van der Waals surface area (Å²) in [5, 5.41) is 8.03. The first kappa shape index (κ1) is 19.0. The lowest BCUT2D eigenvalue weighted by Crippen LogP contribution is -2.20. The molecular formula is C16H16Cl2N2O2S2. The van der Waals surface area contributed by atoms with Crippen molar-refractivity contribution >= 4 is 68.5 Å². The maximum atomic E-state index is 12.1. The third kappa shape index (κ3) is 4.19. The van der Waals surface area contributed by atoms with Gasteiger partial charge in [-0.1, -0.05) is 30.1 Å². The van der Waals surface area contributed by atoms with Gasteiger partial charge in [-0.2, -0.15) is 0 Å². The largest absolute Gasteiger partial charge is 0.465 e. The molecule has 0 spiro atoms. The van der Waals surface area contributed by atoms with Gasteiger partial charge >= 0.3 is 5.97 Å². The van der Waals surface area contributed by atoms with Crippen molar-refractivity contribution < 1.29 is 9.53 Å².